The van der Waals surface area contributed by atoms with Crippen LogP contribution in [0.1, 0.15) is 141 Å². The SMILES string of the molecule is CC.CC(=O)c1cccc(NC(=O)CCCCC(C)C)c1.CC(C)CCCCCC(=O)Nc1cccc(C(=O)C(C)C)c1. The van der Waals surface area contributed by atoms with E-state index in [0.29, 0.717) is 41.3 Å². The summed E-state index contributed by atoms with van der Waals surface area (Å²) < 4.78 is 0. The fourth-order valence-corrected chi connectivity index (χ4v) is 4.20. The molecule has 0 bridgehead atoms. The van der Waals surface area contributed by atoms with Gasteiger partial charge in [-0.2, -0.15) is 0 Å². The van der Waals surface area contributed by atoms with Crippen molar-refractivity contribution in [3.8, 4) is 0 Å². The van der Waals surface area contributed by atoms with E-state index in [1.807, 2.05) is 39.8 Å². The predicted molar refractivity (Wildman–Crippen MR) is 182 cm³/mol. The van der Waals surface area contributed by atoms with E-state index in [2.05, 4.69) is 38.3 Å². The summed E-state index contributed by atoms with van der Waals surface area (Å²) in [6.07, 6.45) is 8.66. The lowest BCUT2D eigenvalue weighted by Gasteiger charge is -2.09. The molecule has 0 unspecified atom stereocenters. The Morgan fingerprint density at radius 2 is 1.02 bits per heavy atom. The molecule has 0 atom stereocenters. The molecule has 0 fully saturated rings. The van der Waals surface area contributed by atoms with Crippen molar-refractivity contribution in [2.75, 3.05) is 10.6 Å². The summed E-state index contributed by atoms with van der Waals surface area (Å²) in [4.78, 5) is 46.9. The number of Topliss-reactive ketones (excluding diaryl/α,β-unsaturated/α-hetero) is 2. The Morgan fingerprint density at radius 3 is 1.47 bits per heavy atom. The highest BCUT2D eigenvalue weighted by molar-refractivity contribution is 5.99. The van der Waals surface area contributed by atoms with Crippen LogP contribution >= 0.6 is 0 Å². The first-order valence-corrected chi connectivity index (χ1v) is 16.2. The van der Waals surface area contributed by atoms with E-state index in [9.17, 15) is 19.2 Å². The van der Waals surface area contributed by atoms with E-state index in [0.717, 1.165) is 38.0 Å². The lowest BCUT2D eigenvalue weighted by Crippen LogP contribution is -2.12. The summed E-state index contributed by atoms with van der Waals surface area (Å²) in [5.74, 6) is 1.54. The quantitative estimate of drug-likeness (QED) is 0.149. The van der Waals surface area contributed by atoms with Crippen LogP contribution in [-0.2, 0) is 9.59 Å². The summed E-state index contributed by atoms with van der Waals surface area (Å²) in [7, 11) is 0. The van der Waals surface area contributed by atoms with Crippen molar-refractivity contribution < 1.29 is 19.2 Å². The standard InChI is InChI=1S/C19H29NO2.C16H23NO2.C2H6/c1-14(2)9-6-5-7-12-18(21)20-17-11-8-10-16(13-17)19(22)15(3)4;1-12(2)7-4-5-10-16(19)17-15-9-6-8-14(11-15)13(3)18;1-2/h8,10-11,13-15H,5-7,9,12H2,1-4H3,(H,20,21);6,8-9,11-12H,4-5,7,10H2,1-3H3,(H,17,19);1-2H3. The van der Waals surface area contributed by atoms with Gasteiger partial charge in [0.1, 0.15) is 0 Å². The Hall–Kier alpha value is -3.28. The monoisotopic (exact) mass is 594 g/mol. The van der Waals surface area contributed by atoms with Crippen LogP contribution in [0.15, 0.2) is 48.5 Å². The van der Waals surface area contributed by atoms with Crippen LogP contribution in [0.4, 0.5) is 11.4 Å². The number of hydrogen-bond acceptors (Lipinski definition) is 4. The zero-order valence-corrected chi connectivity index (χ0v) is 28.3. The molecule has 0 saturated heterocycles. The van der Waals surface area contributed by atoms with Gasteiger partial charge in [-0.15, -0.1) is 0 Å². The average molecular weight is 595 g/mol. The first kappa shape index (κ1) is 39.7. The number of amides is 2. The highest BCUT2D eigenvalue weighted by Gasteiger charge is 2.11. The molecule has 0 radical (unpaired) electrons. The van der Waals surface area contributed by atoms with Crippen molar-refractivity contribution in [1.29, 1.82) is 0 Å². The van der Waals surface area contributed by atoms with E-state index >= 15 is 0 Å². The van der Waals surface area contributed by atoms with Crippen molar-refractivity contribution in [2.45, 2.75) is 120 Å². The number of ketones is 2. The highest BCUT2D eigenvalue weighted by Crippen LogP contribution is 2.16. The number of carbonyl (C=O) groups is 4. The van der Waals surface area contributed by atoms with Crippen molar-refractivity contribution in [1.82, 2.24) is 0 Å². The third-order valence-corrected chi connectivity index (χ3v) is 6.63. The lowest BCUT2D eigenvalue weighted by molar-refractivity contribution is -0.117. The van der Waals surface area contributed by atoms with Crippen LogP contribution in [0.3, 0.4) is 0 Å². The van der Waals surface area contributed by atoms with Crippen molar-refractivity contribution in [2.24, 2.45) is 17.8 Å². The van der Waals surface area contributed by atoms with Gasteiger partial charge in [-0.25, -0.2) is 0 Å². The Morgan fingerprint density at radius 1 is 0.605 bits per heavy atom. The molecule has 2 aromatic carbocycles. The Bertz CT molecular complexity index is 1110. The maximum Gasteiger partial charge on any atom is 0.224 e. The number of carbonyl (C=O) groups excluding carboxylic acids is 4. The maximum atomic E-state index is 12.0. The molecule has 0 aliphatic carbocycles. The lowest BCUT2D eigenvalue weighted by atomic mass is 10.0. The smallest absolute Gasteiger partial charge is 0.224 e. The minimum absolute atomic E-state index is 0.00744. The van der Waals surface area contributed by atoms with Crippen LogP contribution in [-0.4, -0.2) is 23.4 Å². The molecule has 240 valence electrons. The van der Waals surface area contributed by atoms with E-state index < -0.39 is 0 Å². The largest absolute Gasteiger partial charge is 0.326 e. The predicted octanol–water partition coefficient (Wildman–Crippen LogP) is 10.1. The van der Waals surface area contributed by atoms with Crippen LogP contribution in [0.5, 0.6) is 0 Å². The van der Waals surface area contributed by atoms with Gasteiger partial charge in [0.05, 0.1) is 0 Å². The van der Waals surface area contributed by atoms with Gasteiger partial charge in [-0.1, -0.05) is 112 Å². The van der Waals surface area contributed by atoms with Gasteiger partial charge < -0.3 is 10.6 Å². The van der Waals surface area contributed by atoms with Crippen molar-refractivity contribution in [3.05, 3.63) is 59.7 Å². The third kappa shape index (κ3) is 19.5. The van der Waals surface area contributed by atoms with Crippen molar-refractivity contribution in [3.63, 3.8) is 0 Å². The fourth-order valence-electron chi connectivity index (χ4n) is 4.20. The molecule has 0 aliphatic rings. The van der Waals surface area contributed by atoms with E-state index in [1.54, 1.807) is 36.4 Å². The molecule has 6 heteroatoms. The molecule has 0 heterocycles. The van der Waals surface area contributed by atoms with E-state index in [1.165, 1.54) is 19.8 Å². The second-order valence-electron chi connectivity index (χ2n) is 12.0. The molecule has 0 aromatic heterocycles. The zero-order valence-electron chi connectivity index (χ0n) is 28.3. The molecule has 0 spiro atoms. The fraction of sp³-hybridized carbons (Fsp3) is 0.568. The normalized spacial score (nSPS) is 10.4. The van der Waals surface area contributed by atoms with Crippen LogP contribution in [0, 0.1) is 17.8 Å². The Labute approximate surface area is 261 Å². The number of rotatable bonds is 16. The van der Waals surface area contributed by atoms with Crippen molar-refractivity contribution >= 4 is 34.8 Å². The van der Waals surface area contributed by atoms with Gasteiger partial charge in [0.15, 0.2) is 11.6 Å². The second kappa shape index (κ2) is 23.2. The van der Waals surface area contributed by atoms with Gasteiger partial charge in [0.25, 0.3) is 0 Å². The number of nitrogens with one attached hydrogen (secondary N) is 2. The van der Waals surface area contributed by atoms with Crippen LogP contribution in [0.2, 0.25) is 0 Å². The topological polar surface area (TPSA) is 92.3 Å². The first-order chi connectivity index (χ1) is 20.4. The van der Waals surface area contributed by atoms with Gasteiger partial charge in [-0.05, 0) is 55.9 Å². The molecule has 0 aliphatic heterocycles. The molecular formula is C37H58N2O4. The van der Waals surface area contributed by atoms with E-state index in [-0.39, 0.29) is 29.3 Å². The minimum Gasteiger partial charge on any atom is -0.326 e. The van der Waals surface area contributed by atoms with E-state index in [4.69, 9.17) is 0 Å². The maximum absolute atomic E-state index is 12.0. The van der Waals surface area contributed by atoms with Gasteiger partial charge >= 0.3 is 0 Å². The number of benzene rings is 2. The average Bonchev–Trinajstić information content (AvgIpc) is 2.96. The highest BCUT2D eigenvalue weighted by atomic mass is 16.2. The Balaban J connectivity index is 0.000000783. The summed E-state index contributed by atoms with van der Waals surface area (Å²) in [5, 5.41) is 5.72. The Kier molecular flexibility index (Phi) is 21.4. The summed E-state index contributed by atoms with van der Waals surface area (Å²) in [5.41, 5.74) is 2.68. The summed E-state index contributed by atoms with van der Waals surface area (Å²) >= 11 is 0. The van der Waals surface area contributed by atoms with Gasteiger partial charge in [0, 0.05) is 41.3 Å². The molecule has 43 heavy (non-hydrogen) atoms. The zero-order chi connectivity index (χ0) is 32.8. The van der Waals surface area contributed by atoms with Crippen LogP contribution < -0.4 is 10.6 Å². The molecule has 2 aromatic rings. The molecule has 2 amide bonds. The van der Waals surface area contributed by atoms with Gasteiger partial charge in [0.2, 0.25) is 11.8 Å². The number of unbranched alkanes of at least 4 members (excludes halogenated alkanes) is 3. The minimum atomic E-state index is -0.0353. The number of hydrogen-bond donors (Lipinski definition) is 2. The molecule has 6 nitrogen and oxygen atoms in total. The van der Waals surface area contributed by atoms with Gasteiger partial charge in [-0.3, -0.25) is 19.2 Å². The summed E-state index contributed by atoms with van der Waals surface area (Å²) in [6.45, 7) is 18.1. The third-order valence-electron chi connectivity index (χ3n) is 6.63. The molecule has 2 rings (SSSR count). The molecule has 0 saturated carbocycles. The molecular weight excluding hydrogens is 536 g/mol. The molecule has 2 N–H and O–H groups in total. The summed E-state index contributed by atoms with van der Waals surface area (Å²) in [6, 6.07) is 14.3. The van der Waals surface area contributed by atoms with Crippen LogP contribution in [0.25, 0.3) is 0 Å². The first-order valence-electron chi connectivity index (χ1n) is 16.2. The number of anilines is 2. The second-order valence-corrected chi connectivity index (χ2v) is 12.0.